The first-order valence-corrected chi connectivity index (χ1v) is 10.8. The van der Waals surface area contributed by atoms with Crippen LogP contribution in [-0.2, 0) is 6.18 Å². The van der Waals surface area contributed by atoms with Crippen molar-refractivity contribution in [2.45, 2.75) is 25.2 Å². The summed E-state index contributed by atoms with van der Waals surface area (Å²) in [5.41, 5.74) is 12.2. The summed E-state index contributed by atoms with van der Waals surface area (Å²) >= 11 is 0. The van der Waals surface area contributed by atoms with Crippen LogP contribution in [0.4, 0.5) is 34.9 Å². The fraction of sp³-hybridized carbons (Fsp3) is 0.160. The van der Waals surface area contributed by atoms with Crippen molar-refractivity contribution in [1.82, 2.24) is 9.97 Å². The molecule has 4 rings (SSSR count). The standard InChI is InChI=1S/C25H22F4N6O/c1-13(30)21(14-4-6-16(7-5-14)25(27,28)29)34-24-19(26)12-18(22(31)36)23(35-24)33-17-8-9-20-15(11-17)3-2-10-32-20/h2-13,21H,30H2,1H3,(H2,31,36)(H2,33,34,35)/t13-,21-/m0/s1. The van der Waals surface area contributed by atoms with E-state index in [2.05, 4.69) is 20.6 Å². The SMILES string of the molecule is C[C@H](N)[C@H](Nc1nc(Nc2ccc3ncccc3c2)c(C(N)=O)cc1F)c1ccc(C(F)(F)F)cc1. The van der Waals surface area contributed by atoms with E-state index in [1.807, 2.05) is 6.07 Å². The van der Waals surface area contributed by atoms with Gasteiger partial charge in [0.2, 0.25) is 0 Å². The van der Waals surface area contributed by atoms with E-state index in [9.17, 15) is 22.4 Å². The van der Waals surface area contributed by atoms with Crippen LogP contribution in [0.5, 0.6) is 0 Å². The fourth-order valence-electron chi connectivity index (χ4n) is 3.71. The molecule has 0 saturated carbocycles. The lowest BCUT2D eigenvalue weighted by Crippen LogP contribution is -2.31. The van der Waals surface area contributed by atoms with Crippen molar-refractivity contribution in [2.24, 2.45) is 11.5 Å². The van der Waals surface area contributed by atoms with Gasteiger partial charge in [-0.05, 0) is 55.0 Å². The number of aromatic nitrogens is 2. The Morgan fingerprint density at radius 2 is 1.75 bits per heavy atom. The molecule has 2 atom stereocenters. The molecule has 36 heavy (non-hydrogen) atoms. The molecule has 6 N–H and O–H groups in total. The van der Waals surface area contributed by atoms with Gasteiger partial charge in [-0.3, -0.25) is 9.78 Å². The smallest absolute Gasteiger partial charge is 0.365 e. The maximum Gasteiger partial charge on any atom is 0.416 e. The summed E-state index contributed by atoms with van der Waals surface area (Å²) in [6.07, 6.45) is -2.83. The van der Waals surface area contributed by atoms with Crippen molar-refractivity contribution in [2.75, 3.05) is 10.6 Å². The molecule has 0 saturated heterocycles. The zero-order valence-corrected chi connectivity index (χ0v) is 19.0. The van der Waals surface area contributed by atoms with E-state index in [4.69, 9.17) is 11.5 Å². The van der Waals surface area contributed by atoms with E-state index in [1.54, 1.807) is 37.4 Å². The number of nitrogens with zero attached hydrogens (tertiary/aromatic N) is 2. The number of fused-ring (bicyclic) bond motifs is 1. The van der Waals surface area contributed by atoms with Gasteiger partial charge in [-0.25, -0.2) is 9.37 Å². The molecular weight excluding hydrogens is 476 g/mol. The lowest BCUT2D eigenvalue weighted by atomic mass is 9.99. The Bertz CT molecular complexity index is 1410. The van der Waals surface area contributed by atoms with Gasteiger partial charge < -0.3 is 22.1 Å². The first kappa shape index (κ1) is 24.9. The van der Waals surface area contributed by atoms with Crippen molar-refractivity contribution < 1.29 is 22.4 Å². The van der Waals surface area contributed by atoms with E-state index in [-0.39, 0.29) is 17.2 Å². The average molecular weight is 498 g/mol. The molecular formula is C25H22F4N6O. The number of carbonyl (C=O) groups excluding carboxylic acids is 1. The Labute approximate surface area is 203 Å². The molecule has 0 aliphatic rings. The molecule has 0 bridgehead atoms. The molecule has 0 spiro atoms. The van der Waals surface area contributed by atoms with Crippen LogP contribution in [0.25, 0.3) is 10.9 Å². The fourth-order valence-corrected chi connectivity index (χ4v) is 3.71. The topological polar surface area (TPSA) is 119 Å². The van der Waals surface area contributed by atoms with E-state index in [1.165, 1.54) is 12.1 Å². The second-order valence-corrected chi connectivity index (χ2v) is 8.22. The Balaban J connectivity index is 1.68. The highest BCUT2D eigenvalue weighted by molar-refractivity contribution is 5.99. The highest BCUT2D eigenvalue weighted by Gasteiger charge is 2.30. The van der Waals surface area contributed by atoms with Crippen molar-refractivity contribution in [3.63, 3.8) is 0 Å². The molecule has 11 heteroatoms. The zero-order valence-electron chi connectivity index (χ0n) is 19.0. The minimum Gasteiger partial charge on any atom is -0.365 e. The quantitative estimate of drug-likeness (QED) is 0.262. The van der Waals surface area contributed by atoms with E-state index in [0.29, 0.717) is 11.3 Å². The van der Waals surface area contributed by atoms with E-state index >= 15 is 0 Å². The molecule has 2 aromatic carbocycles. The van der Waals surface area contributed by atoms with Gasteiger partial charge in [0, 0.05) is 23.3 Å². The number of anilines is 3. The molecule has 0 radical (unpaired) electrons. The highest BCUT2D eigenvalue weighted by Crippen LogP contribution is 2.32. The number of primary amides is 1. The lowest BCUT2D eigenvalue weighted by Gasteiger charge is -2.24. The highest BCUT2D eigenvalue weighted by atomic mass is 19.4. The number of pyridine rings is 2. The van der Waals surface area contributed by atoms with Gasteiger partial charge in [0.15, 0.2) is 11.6 Å². The summed E-state index contributed by atoms with van der Waals surface area (Å²) in [7, 11) is 0. The van der Waals surface area contributed by atoms with Crippen LogP contribution in [0, 0.1) is 5.82 Å². The zero-order chi connectivity index (χ0) is 26.0. The Morgan fingerprint density at radius 1 is 1.03 bits per heavy atom. The third kappa shape index (κ3) is 5.36. The van der Waals surface area contributed by atoms with Crippen LogP contribution < -0.4 is 22.1 Å². The number of nitrogens with two attached hydrogens (primary N) is 2. The second-order valence-electron chi connectivity index (χ2n) is 8.22. The largest absolute Gasteiger partial charge is 0.416 e. The number of carbonyl (C=O) groups is 1. The molecule has 0 aliphatic carbocycles. The summed E-state index contributed by atoms with van der Waals surface area (Å²) in [6.45, 7) is 1.62. The monoisotopic (exact) mass is 498 g/mol. The third-order valence-electron chi connectivity index (χ3n) is 5.52. The summed E-state index contributed by atoms with van der Waals surface area (Å²) < 4.78 is 53.8. The molecule has 1 amide bonds. The Morgan fingerprint density at radius 3 is 2.39 bits per heavy atom. The number of halogens is 4. The van der Waals surface area contributed by atoms with Crippen LogP contribution in [0.3, 0.4) is 0 Å². The molecule has 186 valence electrons. The number of amides is 1. The van der Waals surface area contributed by atoms with Crippen LogP contribution in [-0.4, -0.2) is 21.9 Å². The lowest BCUT2D eigenvalue weighted by molar-refractivity contribution is -0.137. The molecule has 0 fully saturated rings. The summed E-state index contributed by atoms with van der Waals surface area (Å²) in [4.78, 5) is 20.5. The average Bonchev–Trinajstić information content (AvgIpc) is 2.83. The van der Waals surface area contributed by atoms with Crippen molar-refractivity contribution in [3.8, 4) is 0 Å². The summed E-state index contributed by atoms with van der Waals surface area (Å²) in [5, 5.41) is 6.65. The Hall–Kier alpha value is -4.25. The summed E-state index contributed by atoms with van der Waals surface area (Å²) in [5.74, 6) is -2.04. The van der Waals surface area contributed by atoms with Gasteiger partial charge in [0.05, 0.1) is 22.7 Å². The van der Waals surface area contributed by atoms with Crippen LogP contribution in [0.2, 0.25) is 0 Å². The molecule has 7 nitrogen and oxygen atoms in total. The summed E-state index contributed by atoms with van der Waals surface area (Å²) in [6, 6.07) is 12.8. The number of nitrogens with one attached hydrogen (secondary N) is 2. The van der Waals surface area contributed by atoms with E-state index in [0.717, 1.165) is 29.1 Å². The van der Waals surface area contributed by atoms with Crippen molar-refractivity contribution >= 4 is 34.1 Å². The number of hydrogen-bond acceptors (Lipinski definition) is 6. The number of hydrogen-bond donors (Lipinski definition) is 4. The minimum atomic E-state index is -4.49. The maximum absolute atomic E-state index is 14.9. The molecule has 4 aromatic rings. The van der Waals surface area contributed by atoms with Gasteiger partial charge in [-0.1, -0.05) is 18.2 Å². The number of alkyl halides is 3. The number of benzene rings is 2. The first-order valence-electron chi connectivity index (χ1n) is 10.8. The van der Waals surface area contributed by atoms with Gasteiger partial charge in [-0.2, -0.15) is 13.2 Å². The molecule has 0 unspecified atom stereocenters. The van der Waals surface area contributed by atoms with Gasteiger partial charge in [0.25, 0.3) is 5.91 Å². The molecule has 2 aromatic heterocycles. The van der Waals surface area contributed by atoms with Crippen molar-refractivity contribution in [3.05, 3.63) is 89.4 Å². The van der Waals surface area contributed by atoms with Crippen LogP contribution >= 0.6 is 0 Å². The predicted molar refractivity (Wildman–Crippen MR) is 129 cm³/mol. The first-order chi connectivity index (χ1) is 17.0. The maximum atomic E-state index is 14.9. The molecule has 0 aliphatic heterocycles. The van der Waals surface area contributed by atoms with Gasteiger partial charge in [0.1, 0.15) is 5.82 Å². The normalized spacial score (nSPS) is 13.3. The minimum absolute atomic E-state index is 0.00881. The van der Waals surface area contributed by atoms with Crippen LogP contribution in [0.15, 0.2) is 66.9 Å². The van der Waals surface area contributed by atoms with E-state index < -0.39 is 35.5 Å². The van der Waals surface area contributed by atoms with Gasteiger partial charge in [-0.15, -0.1) is 0 Å². The molecule has 2 heterocycles. The number of rotatable bonds is 7. The van der Waals surface area contributed by atoms with Crippen molar-refractivity contribution in [1.29, 1.82) is 0 Å². The van der Waals surface area contributed by atoms with Gasteiger partial charge >= 0.3 is 6.18 Å². The Kier molecular flexibility index (Phi) is 6.75. The second kappa shape index (κ2) is 9.78. The van der Waals surface area contributed by atoms with Crippen LogP contribution in [0.1, 0.15) is 34.5 Å². The third-order valence-corrected chi connectivity index (χ3v) is 5.52. The predicted octanol–water partition coefficient (Wildman–Crippen LogP) is 5.13.